The lowest BCUT2D eigenvalue weighted by atomic mass is 10.1. The van der Waals surface area contributed by atoms with E-state index in [1.807, 2.05) is 61.7 Å². The number of nitriles is 1. The number of hydrogen-bond donors (Lipinski definition) is 0. The van der Waals surface area contributed by atoms with E-state index in [1.165, 1.54) is 6.08 Å². The SMILES string of the molecule is COc1ccc(Cn2c(C)nc3nc(Cl)nc(Oc4c(C)cc(/C=C/C#N)cc4C)c32)c(OC)c1. The van der Waals surface area contributed by atoms with Crippen LogP contribution in [0.25, 0.3) is 17.2 Å². The molecule has 0 fully saturated rings. The molecule has 2 aromatic carbocycles. The largest absolute Gasteiger partial charge is 0.497 e. The van der Waals surface area contributed by atoms with Crippen molar-refractivity contribution in [3.8, 4) is 29.2 Å². The topological polar surface area (TPSA) is 95.1 Å². The Kier molecular flexibility index (Phi) is 6.90. The van der Waals surface area contributed by atoms with E-state index in [9.17, 15) is 0 Å². The molecule has 0 atom stereocenters. The molecule has 0 spiro atoms. The molecule has 8 nitrogen and oxygen atoms in total. The average Bonchev–Trinajstić information content (AvgIpc) is 3.14. The van der Waals surface area contributed by atoms with E-state index in [2.05, 4.69) is 15.0 Å². The number of allylic oxidation sites excluding steroid dienone is 1. The van der Waals surface area contributed by atoms with E-state index < -0.39 is 0 Å². The number of methoxy groups -OCH3 is 2. The highest BCUT2D eigenvalue weighted by Gasteiger charge is 2.20. The van der Waals surface area contributed by atoms with Gasteiger partial charge in [0.2, 0.25) is 11.2 Å². The number of hydrogen-bond acceptors (Lipinski definition) is 7. The van der Waals surface area contributed by atoms with Crippen molar-refractivity contribution >= 4 is 28.8 Å². The van der Waals surface area contributed by atoms with Gasteiger partial charge in [0.15, 0.2) is 11.2 Å². The van der Waals surface area contributed by atoms with Gasteiger partial charge in [-0.3, -0.25) is 0 Å². The second-order valence-electron chi connectivity index (χ2n) is 7.94. The standard InChI is InChI=1S/C26H24ClN5O3/c1-15-11-18(7-6-10-28)12-16(2)23(15)35-25-22-24(30-26(27)31-25)29-17(3)32(22)14-19-8-9-20(33-4)13-21(19)34-5/h6-9,11-13H,14H2,1-5H3/b7-6+. The second kappa shape index (κ2) is 10.0. The maximum absolute atomic E-state index is 8.82. The summed E-state index contributed by atoms with van der Waals surface area (Å²) >= 11 is 6.23. The molecule has 178 valence electrons. The Hall–Kier alpha value is -4.09. The molecule has 2 heterocycles. The molecule has 2 aromatic heterocycles. The fraction of sp³-hybridized carbons (Fsp3) is 0.231. The number of fused-ring (bicyclic) bond motifs is 1. The highest BCUT2D eigenvalue weighted by molar-refractivity contribution is 6.28. The third-order valence-electron chi connectivity index (χ3n) is 5.59. The molecule has 0 unspecified atom stereocenters. The van der Waals surface area contributed by atoms with Crippen molar-refractivity contribution in [3.05, 3.63) is 69.8 Å². The predicted molar refractivity (Wildman–Crippen MR) is 134 cm³/mol. The van der Waals surface area contributed by atoms with Gasteiger partial charge in [-0.1, -0.05) is 0 Å². The molecule has 0 aliphatic heterocycles. The van der Waals surface area contributed by atoms with E-state index in [-0.39, 0.29) is 5.28 Å². The molecule has 35 heavy (non-hydrogen) atoms. The van der Waals surface area contributed by atoms with Crippen molar-refractivity contribution in [2.75, 3.05) is 14.2 Å². The van der Waals surface area contributed by atoms with Gasteiger partial charge < -0.3 is 18.8 Å². The highest BCUT2D eigenvalue weighted by Crippen LogP contribution is 2.35. The van der Waals surface area contributed by atoms with Crippen LogP contribution in [0.15, 0.2) is 36.4 Å². The van der Waals surface area contributed by atoms with Crippen molar-refractivity contribution < 1.29 is 14.2 Å². The number of benzene rings is 2. The maximum Gasteiger partial charge on any atom is 0.250 e. The number of ether oxygens (including phenoxy) is 3. The van der Waals surface area contributed by atoms with Gasteiger partial charge in [0.25, 0.3) is 0 Å². The summed E-state index contributed by atoms with van der Waals surface area (Å²) in [7, 11) is 3.23. The fourth-order valence-electron chi connectivity index (χ4n) is 3.98. The van der Waals surface area contributed by atoms with Crippen LogP contribution in [-0.2, 0) is 6.54 Å². The zero-order valence-corrected chi connectivity index (χ0v) is 20.8. The molecule has 0 aliphatic carbocycles. The lowest BCUT2D eigenvalue weighted by molar-refractivity contribution is 0.390. The molecular weight excluding hydrogens is 466 g/mol. The molecule has 0 saturated carbocycles. The van der Waals surface area contributed by atoms with Crippen LogP contribution in [0.5, 0.6) is 23.1 Å². The fourth-order valence-corrected chi connectivity index (χ4v) is 4.13. The van der Waals surface area contributed by atoms with Crippen molar-refractivity contribution in [1.29, 1.82) is 5.26 Å². The van der Waals surface area contributed by atoms with E-state index in [4.69, 9.17) is 31.1 Å². The Morgan fingerprint density at radius 2 is 1.77 bits per heavy atom. The van der Waals surface area contributed by atoms with Crippen LogP contribution in [-0.4, -0.2) is 33.7 Å². The minimum atomic E-state index is 0.0445. The Labute approximate surface area is 208 Å². The average molecular weight is 490 g/mol. The molecule has 0 amide bonds. The monoisotopic (exact) mass is 489 g/mol. The summed E-state index contributed by atoms with van der Waals surface area (Å²) in [5.74, 6) is 3.08. The Morgan fingerprint density at radius 3 is 2.43 bits per heavy atom. The smallest absolute Gasteiger partial charge is 0.250 e. The summed E-state index contributed by atoms with van der Waals surface area (Å²) in [6.07, 6.45) is 3.20. The first kappa shape index (κ1) is 24.0. The van der Waals surface area contributed by atoms with Crippen molar-refractivity contribution in [1.82, 2.24) is 19.5 Å². The van der Waals surface area contributed by atoms with Crippen LogP contribution in [0.3, 0.4) is 0 Å². The molecule has 0 bridgehead atoms. The van der Waals surface area contributed by atoms with Crippen LogP contribution >= 0.6 is 11.6 Å². The quantitative estimate of drug-likeness (QED) is 0.239. The minimum absolute atomic E-state index is 0.0445. The predicted octanol–water partition coefficient (Wildman–Crippen LogP) is 5.80. The first-order chi connectivity index (χ1) is 16.8. The number of aromatic nitrogens is 4. The van der Waals surface area contributed by atoms with Gasteiger partial charge in [0, 0.05) is 17.7 Å². The third-order valence-corrected chi connectivity index (χ3v) is 5.76. The first-order valence-electron chi connectivity index (χ1n) is 10.8. The third kappa shape index (κ3) is 4.91. The van der Waals surface area contributed by atoms with Gasteiger partial charge in [0.1, 0.15) is 23.1 Å². The van der Waals surface area contributed by atoms with Gasteiger partial charge in [-0.2, -0.15) is 15.2 Å². The summed E-state index contributed by atoms with van der Waals surface area (Å²) in [4.78, 5) is 13.3. The molecule has 0 radical (unpaired) electrons. The lowest BCUT2D eigenvalue weighted by Crippen LogP contribution is -2.06. The highest BCUT2D eigenvalue weighted by atomic mass is 35.5. The zero-order valence-electron chi connectivity index (χ0n) is 20.1. The second-order valence-corrected chi connectivity index (χ2v) is 8.28. The first-order valence-corrected chi connectivity index (χ1v) is 11.2. The van der Waals surface area contributed by atoms with Gasteiger partial charge in [0.05, 0.1) is 26.8 Å². The molecule has 4 aromatic rings. The number of rotatable bonds is 7. The zero-order chi connectivity index (χ0) is 25.1. The Balaban J connectivity index is 1.81. The molecule has 0 saturated heterocycles. The van der Waals surface area contributed by atoms with E-state index in [1.54, 1.807) is 20.3 Å². The van der Waals surface area contributed by atoms with Crippen molar-refractivity contribution in [3.63, 3.8) is 0 Å². The van der Waals surface area contributed by atoms with Crippen LogP contribution in [0.4, 0.5) is 0 Å². The summed E-state index contributed by atoms with van der Waals surface area (Å²) in [6.45, 7) is 6.22. The summed E-state index contributed by atoms with van der Waals surface area (Å²) in [5.41, 5.74) is 4.69. The lowest BCUT2D eigenvalue weighted by Gasteiger charge is -2.15. The summed E-state index contributed by atoms with van der Waals surface area (Å²) < 4.78 is 19.2. The van der Waals surface area contributed by atoms with E-state index >= 15 is 0 Å². The van der Waals surface area contributed by atoms with Crippen molar-refractivity contribution in [2.24, 2.45) is 0 Å². The summed E-state index contributed by atoms with van der Waals surface area (Å²) in [5, 5.41) is 8.87. The van der Waals surface area contributed by atoms with E-state index in [0.29, 0.717) is 40.8 Å². The number of halogens is 1. The number of nitrogens with zero attached hydrogens (tertiary/aromatic N) is 5. The molecule has 4 rings (SSSR count). The van der Waals surface area contributed by atoms with Crippen LogP contribution in [0.1, 0.15) is 28.1 Å². The van der Waals surface area contributed by atoms with Gasteiger partial charge in [-0.15, -0.1) is 0 Å². The Bertz CT molecular complexity index is 1460. The summed E-state index contributed by atoms with van der Waals surface area (Å²) in [6, 6.07) is 11.6. The van der Waals surface area contributed by atoms with E-state index in [0.717, 1.165) is 28.1 Å². The molecular formula is C26H24ClN5O3. The molecule has 9 heteroatoms. The van der Waals surface area contributed by atoms with Gasteiger partial charge in [-0.25, -0.2) is 4.98 Å². The number of aryl methyl sites for hydroxylation is 3. The van der Waals surface area contributed by atoms with Gasteiger partial charge in [-0.05, 0) is 79.4 Å². The van der Waals surface area contributed by atoms with Crippen LogP contribution in [0, 0.1) is 32.1 Å². The van der Waals surface area contributed by atoms with Gasteiger partial charge >= 0.3 is 0 Å². The molecule has 0 N–H and O–H groups in total. The van der Waals surface area contributed by atoms with Crippen molar-refractivity contribution in [2.45, 2.75) is 27.3 Å². The van der Waals surface area contributed by atoms with Crippen LogP contribution < -0.4 is 14.2 Å². The minimum Gasteiger partial charge on any atom is -0.497 e. The molecule has 0 aliphatic rings. The van der Waals surface area contributed by atoms with Crippen LogP contribution in [0.2, 0.25) is 5.28 Å². The Morgan fingerprint density at radius 1 is 1.03 bits per heavy atom. The maximum atomic E-state index is 8.82. The number of imidazole rings is 1. The normalized spacial score (nSPS) is 11.1.